The van der Waals surface area contributed by atoms with Crippen LogP contribution in [-0.2, 0) is 9.84 Å². The fourth-order valence-electron chi connectivity index (χ4n) is 4.22. The molecule has 1 aromatic heterocycles. The number of hydrogen-bond acceptors (Lipinski definition) is 5. The van der Waals surface area contributed by atoms with Crippen LogP contribution in [0.4, 0.5) is 16.2 Å². The number of rotatable bonds is 8. The Balaban J connectivity index is 1.35. The molecule has 0 unspecified atom stereocenters. The lowest BCUT2D eigenvalue weighted by atomic mass is 10.0. The van der Waals surface area contributed by atoms with Crippen molar-refractivity contribution in [1.29, 1.82) is 0 Å². The summed E-state index contributed by atoms with van der Waals surface area (Å²) in [7, 11) is -3.32. The highest BCUT2D eigenvalue weighted by Gasteiger charge is 2.13. The van der Waals surface area contributed by atoms with Crippen LogP contribution in [0, 0.1) is 6.92 Å². The maximum atomic E-state index is 13.0. The number of nitrogens with one attached hydrogen (secondary N) is 2. The number of para-hydroxylation sites is 1. The van der Waals surface area contributed by atoms with Gasteiger partial charge in [-0.15, -0.1) is 0 Å². The van der Waals surface area contributed by atoms with Gasteiger partial charge in [0.2, 0.25) is 0 Å². The van der Waals surface area contributed by atoms with Gasteiger partial charge in [-0.1, -0.05) is 48.0 Å². The number of allylic oxidation sites excluding steroid dienone is 1. The lowest BCUT2D eigenvalue weighted by Crippen LogP contribution is -2.19. The monoisotopic (exact) mass is 576 g/mol. The molecular weight excluding hydrogens is 548 g/mol. The Morgan fingerprint density at radius 3 is 2.02 bits per heavy atom. The highest BCUT2D eigenvalue weighted by Crippen LogP contribution is 2.26. The number of amides is 2. The first-order valence-corrected chi connectivity index (χ1v) is 15.0. The molecule has 2 N–H and O–H groups in total. The van der Waals surface area contributed by atoms with Gasteiger partial charge >= 0.3 is 6.03 Å². The molecule has 0 fully saturated rings. The zero-order valence-corrected chi connectivity index (χ0v) is 23.8. The average molecular weight is 577 g/mol. The second kappa shape index (κ2) is 12.1. The molecule has 1 heterocycles. The number of nitrogens with zero attached hydrogens (tertiary/aromatic N) is 2. The van der Waals surface area contributed by atoms with E-state index in [0.29, 0.717) is 28.3 Å². The Kier molecular flexibility index (Phi) is 8.12. The summed E-state index contributed by atoms with van der Waals surface area (Å²) in [5, 5.41) is 10.2. The molecule has 210 valence electrons. The van der Waals surface area contributed by atoms with Crippen molar-refractivity contribution in [2.75, 3.05) is 16.9 Å². The number of urea groups is 1. The van der Waals surface area contributed by atoms with Crippen LogP contribution in [0.25, 0.3) is 23.0 Å². The second-order valence-electron chi connectivity index (χ2n) is 9.73. The molecule has 0 bridgehead atoms. The molecule has 0 radical (unpaired) electrons. The van der Waals surface area contributed by atoms with Crippen molar-refractivity contribution in [3.8, 4) is 16.9 Å². The van der Waals surface area contributed by atoms with Crippen molar-refractivity contribution in [3.63, 3.8) is 0 Å². The van der Waals surface area contributed by atoms with E-state index in [0.717, 1.165) is 22.9 Å². The molecule has 2 amide bonds. The van der Waals surface area contributed by atoms with Crippen LogP contribution in [0.5, 0.6) is 0 Å². The fourth-order valence-corrected chi connectivity index (χ4v) is 4.85. The molecule has 0 aliphatic heterocycles. The molecule has 0 saturated heterocycles. The van der Waals surface area contributed by atoms with Gasteiger partial charge in [0.25, 0.3) is 0 Å². The number of aromatic nitrogens is 2. The van der Waals surface area contributed by atoms with Crippen molar-refractivity contribution in [2.24, 2.45) is 0 Å². The van der Waals surface area contributed by atoms with Gasteiger partial charge in [0.1, 0.15) is 0 Å². The Hall–Kier alpha value is -5.28. The number of ketones is 1. The predicted molar refractivity (Wildman–Crippen MR) is 166 cm³/mol. The van der Waals surface area contributed by atoms with Crippen LogP contribution < -0.4 is 10.6 Å². The minimum atomic E-state index is -3.32. The van der Waals surface area contributed by atoms with Crippen LogP contribution in [-0.4, -0.2) is 36.3 Å². The van der Waals surface area contributed by atoms with E-state index in [1.807, 2.05) is 49.4 Å². The van der Waals surface area contributed by atoms with Gasteiger partial charge < -0.3 is 10.6 Å². The molecule has 0 aliphatic rings. The van der Waals surface area contributed by atoms with E-state index < -0.39 is 9.84 Å². The summed E-state index contributed by atoms with van der Waals surface area (Å²) in [5.41, 5.74) is 5.74. The normalized spacial score (nSPS) is 11.4. The van der Waals surface area contributed by atoms with E-state index >= 15 is 0 Å². The number of carbonyl (C=O) groups is 2. The van der Waals surface area contributed by atoms with E-state index in [1.165, 1.54) is 6.08 Å². The lowest BCUT2D eigenvalue weighted by molar-refractivity contribution is 0.104. The summed E-state index contributed by atoms with van der Waals surface area (Å²) >= 11 is 0. The highest BCUT2D eigenvalue weighted by molar-refractivity contribution is 7.90. The van der Waals surface area contributed by atoms with Gasteiger partial charge in [-0.25, -0.2) is 17.9 Å². The number of hydrogen-bond donors (Lipinski definition) is 2. The fraction of sp³-hybridized carbons (Fsp3) is 0.0606. The first kappa shape index (κ1) is 28.3. The molecule has 0 saturated carbocycles. The highest BCUT2D eigenvalue weighted by atomic mass is 32.2. The first-order valence-electron chi connectivity index (χ1n) is 13.1. The van der Waals surface area contributed by atoms with Crippen molar-refractivity contribution < 1.29 is 18.0 Å². The summed E-state index contributed by atoms with van der Waals surface area (Å²) in [4.78, 5) is 25.5. The van der Waals surface area contributed by atoms with Crippen molar-refractivity contribution in [1.82, 2.24) is 9.78 Å². The van der Waals surface area contributed by atoms with E-state index in [1.54, 1.807) is 77.6 Å². The van der Waals surface area contributed by atoms with Crippen LogP contribution in [0.1, 0.15) is 21.5 Å². The van der Waals surface area contributed by atoms with Gasteiger partial charge in [-0.3, -0.25) is 4.79 Å². The maximum absolute atomic E-state index is 13.0. The quantitative estimate of drug-likeness (QED) is 0.156. The first-order chi connectivity index (χ1) is 20.2. The minimum Gasteiger partial charge on any atom is -0.308 e. The minimum absolute atomic E-state index is 0.213. The molecule has 8 nitrogen and oxygen atoms in total. The third-order valence-corrected chi connectivity index (χ3v) is 7.60. The summed E-state index contributed by atoms with van der Waals surface area (Å²) < 4.78 is 25.4. The number of sulfone groups is 1. The van der Waals surface area contributed by atoms with Crippen molar-refractivity contribution in [2.45, 2.75) is 11.8 Å². The third kappa shape index (κ3) is 6.89. The number of carbonyl (C=O) groups excluding carboxylic acids is 2. The molecule has 5 aromatic rings. The summed E-state index contributed by atoms with van der Waals surface area (Å²) in [6.45, 7) is 2.00. The Bertz CT molecular complexity index is 1860. The molecule has 0 aliphatic carbocycles. The molecule has 0 atom stereocenters. The summed E-state index contributed by atoms with van der Waals surface area (Å²) in [6.07, 6.45) is 6.16. The zero-order chi connectivity index (χ0) is 29.7. The molecule has 9 heteroatoms. The maximum Gasteiger partial charge on any atom is 0.323 e. The zero-order valence-electron chi connectivity index (χ0n) is 23.0. The molecule has 5 rings (SSSR count). The largest absolute Gasteiger partial charge is 0.323 e. The van der Waals surface area contributed by atoms with E-state index in [2.05, 4.69) is 10.6 Å². The van der Waals surface area contributed by atoms with Gasteiger partial charge in [0.05, 0.1) is 16.3 Å². The summed E-state index contributed by atoms with van der Waals surface area (Å²) in [6, 6.07) is 29.7. The van der Waals surface area contributed by atoms with Crippen LogP contribution in [0.15, 0.2) is 120 Å². The average Bonchev–Trinajstić information content (AvgIpc) is 3.41. The Labute approximate surface area is 244 Å². The molecular formula is C33H28N4O4S. The van der Waals surface area contributed by atoms with Crippen molar-refractivity contribution >= 4 is 39.1 Å². The lowest BCUT2D eigenvalue weighted by Gasteiger charge is -2.07. The van der Waals surface area contributed by atoms with Gasteiger partial charge in [-0.2, -0.15) is 5.10 Å². The van der Waals surface area contributed by atoms with Crippen LogP contribution in [0.3, 0.4) is 0 Å². The SMILES string of the molecule is Cc1ccc(-c2nn(-c3ccc(S(C)(=O)=O)cc3)cc2/C=C/C(=O)c2ccc(NC(=O)Nc3ccccc3)cc2)cc1. The smallest absolute Gasteiger partial charge is 0.308 e. The van der Waals surface area contributed by atoms with E-state index in [9.17, 15) is 18.0 Å². The van der Waals surface area contributed by atoms with E-state index in [-0.39, 0.29) is 16.7 Å². The second-order valence-corrected chi connectivity index (χ2v) is 11.7. The number of aryl methyl sites for hydroxylation is 1. The van der Waals surface area contributed by atoms with Crippen LogP contribution in [0.2, 0.25) is 0 Å². The third-order valence-electron chi connectivity index (χ3n) is 6.47. The predicted octanol–water partition coefficient (Wildman–Crippen LogP) is 6.79. The van der Waals surface area contributed by atoms with Crippen molar-refractivity contribution in [3.05, 3.63) is 132 Å². The van der Waals surface area contributed by atoms with Crippen LogP contribution >= 0.6 is 0 Å². The molecule has 42 heavy (non-hydrogen) atoms. The van der Waals surface area contributed by atoms with Gasteiger partial charge in [0, 0.05) is 40.5 Å². The standard InChI is InChI=1S/C33H28N4O4S/c1-23-8-10-25(11-9-23)32-26(22-37(36-32)29-17-19-30(20-18-29)42(2,40)41)14-21-31(38)24-12-15-28(16-13-24)35-33(39)34-27-6-4-3-5-7-27/h3-22H,1-2H3,(H2,34,35,39)/b21-14+. The van der Waals surface area contributed by atoms with Gasteiger partial charge in [0.15, 0.2) is 15.6 Å². The molecule has 4 aromatic carbocycles. The van der Waals surface area contributed by atoms with Gasteiger partial charge in [-0.05, 0) is 79.7 Å². The number of benzene rings is 4. The molecule has 0 spiro atoms. The summed E-state index contributed by atoms with van der Waals surface area (Å²) in [5.74, 6) is -0.213. The number of anilines is 2. The Morgan fingerprint density at radius 1 is 0.786 bits per heavy atom. The topological polar surface area (TPSA) is 110 Å². The van der Waals surface area contributed by atoms with E-state index in [4.69, 9.17) is 5.10 Å². The Morgan fingerprint density at radius 2 is 1.40 bits per heavy atom.